The molecule has 1 aromatic rings. The van der Waals surface area contributed by atoms with Crippen LogP contribution in [0.2, 0.25) is 0 Å². The van der Waals surface area contributed by atoms with Gasteiger partial charge in [-0.05, 0) is 37.7 Å². The van der Waals surface area contributed by atoms with E-state index in [-0.39, 0.29) is 10.6 Å². The van der Waals surface area contributed by atoms with Crippen LogP contribution in [0, 0.1) is 16.0 Å². The van der Waals surface area contributed by atoms with Gasteiger partial charge in [0, 0.05) is 43.6 Å². The van der Waals surface area contributed by atoms with Crippen LogP contribution < -0.4 is 10.2 Å². The van der Waals surface area contributed by atoms with E-state index in [1.54, 1.807) is 19.2 Å². The van der Waals surface area contributed by atoms with Gasteiger partial charge in [-0.1, -0.05) is 6.92 Å². The average Bonchev–Trinajstić information content (AvgIpc) is 2.46. The molecule has 1 aliphatic rings. The van der Waals surface area contributed by atoms with Gasteiger partial charge in [0.1, 0.15) is 0 Å². The van der Waals surface area contributed by atoms with Crippen LogP contribution in [-0.2, 0) is 0 Å². The Labute approximate surface area is 120 Å². The molecule has 0 aliphatic heterocycles. The van der Waals surface area contributed by atoms with Gasteiger partial charge in [0.2, 0.25) is 0 Å². The van der Waals surface area contributed by atoms with Crippen molar-refractivity contribution in [2.75, 3.05) is 24.3 Å². The van der Waals surface area contributed by atoms with Gasteiger partial charge >= 0.3 is 0 Å². The van der Waals surface area contributed by atoms with Crippen LogP contribution in [0.15, 0.2) is 18.2 Å². The van der Waals surface area contributed by atoms with Gasteiger partial charge in [0.05, 0.1) is 4.92 Å². The van der Waals surface area contributed by atoms with Crippen molar-refractivity contribution in [2.45, 2.75) is 38.6 Å². The van der Waals surface area contributed by atoms with Gasteiger partial charge in [0.15, 0.2) is 0 Å². The first-order chi connectivity index (χ1) is 9.51. The van der Waals surface area contributed by atoms with Crippen LogP contribution in [0.3, 0.4) is 0 Å². The molecular weight excluding hydrogens is 254 g/mol. The van der Waals surface area contributed by atoms with Crippen molar-refractivity contribution in [1.82, 2.24) is 0 Å². The molecular formula is C15H23N3O2. The highest BCUT2D eigenvalue weighted by Gasteiger charge is 2.23. The second-order valence-electron chi connectivity index (χ2n) is 5.77. The average molecular weight is 277 g/mol. The highest BCUT2D eigenvalue weighted by molar-refractivity contribution is 5.64. The second kappa shape index (κ2) is 6.11. The minimum atomic E-state index is -0.332. The number of hydrogen-bond donors (Lipinski definition) is 1. The predicted octanol–water partition coefficient (Wildman–Crippen LogP) is 3.65. The van der Waals surface area contributed by atoms with E-state index in [4.69, 9.17) is 0 Å². The molecule has 1 N–H and O–H groups in total. The van der Waals surface area contributed by atoms with E-state index in [0.717, 1.165) is 30.1 Å². The Morgan fingerprint density at radius 1 is 1.25 bits per heavy atom. The van der Waals surface area contributed by atoms with Crippen LogP contribution in [0.1, 0.15) is 32.6 Å². The van der Waals surface area contributed by atoms with Crippen LogP contribution in [0.5, 0.6) is 0 Å². The Hall–Kier alpha value is -1.78. The maximum absolute atomic E-state index is 11.0. The van der Waals surface area contributed by atoms with Gasteiger partial charge in [-0.2, -0.15) is 0 Å². The molecule has 20 heavy (non-hydrogen) atoms. The normalized spacial score (nSPS) is 22.4. The molecule has 5 nitrogen and oxygen atoms in total. The molecule has 0 bridgehead atoms. The lowest BCUT2D eigenvalue weighted by molar-refractivity contribution is -0.384. The Morgan fingerprint density at radius 3 is 2.45 bits per heavy atom. The Bertz CT molecular complexity index is 482. The Morgan fingerprint density at radius 2 is 1.90 bits per heavy atom. The monoisotopic (exact) mass is 277 g/mol. The summed E-state index contributed by atoms with van der Waals surface area (Å²) in [5, 5.41) is 14.0. The molecule has 0 unspecified atom stereocenters. The summed E-state index contributed by atoms with van der Waals surface area (Å²) >= 11 is 0. The van der Waals surface area contributed by atoms with Gasteiger partial charge in [-0.15, -0.1) is 0 Å². The topological polar surface area (TPSA) is 58.4 Å². The van der Waals surface area contributed by atoms with Gasteiger partial charge in [-0.3, -0.25) is 10.1 Å². The third kappa shape index (κ3) is 3.21. The fourth-order valence-corrected chi connectivity index (χ4v) is 2.89. The number of non-ortho nitro benzene ring substituents is 1. The first kappa shape index (κ1) is 14.6. The summed E-state index contributed by atoms with van der Waals surface area (Å²) in [6.07, 6.45) is 4.80. The second-order valence-corrected chi connectivity index (χ2v) is 5.77. The Kier molecular flexibility index (Phi) is 4.47. The van der Waals surface area contributed by atoms with Crippen LogP contribution >= 0.6 is 0 Å². The van der Waals surface area contributed by atoms with E-state index in [2.05, 4.69) is 17.1 Å². The smallest absolute Gasteiger partial charge is 0.273 e. The first-order valence-corrected chi connectivity index (χ1v) is 7.21. The molecule has 1 aliphatic carbocycles. The van der Waals surface area contributed by atoms with E-state index >= 15 is 0 Å². The summed E-state index contributed by atoms with van der Waals surface area (Å²) in [7, 11) is 3.82. The van der Waals surface area contributed by atoms with Crippen molar-refractivity contribution in [3.63, 3.8) is 0 Å². The lowest BCUT2D eigenvalue weighted by Gasteiger charge is -2.35. The summed E-state index contributed by atoms with van der Waals surface area (Å²) in [5.74, 6) is 0.803. The number of nitro benzene ring substituents is 1. The van der Waals surface area contributed by atoms with Crippen molar-refractivity contribution in [1.29, 1.82) is 0 Å². The fourth-order valence-electron chi connectivity index (χ4n) is 2.89. The number of rotatable bonds is 4. The fraction of sp³-hybridized carbons (Fsp3) is 0.600. The first-order valence-electron chi connectivity index (χ1n) is 7.21. The van der Waals surface area contributed by atoms with Gasteiger partial charge in [-0.25, -0.2) is 0 Å². The zero-order chi connectivity index (χ0) is 14.7. The van der Waals surface area contributed by atoms with Crippen LogP contribution in [0.4, 0.5) is 17.1 Å². The molecule has 0 spiro atoms. The van der Waals surface area contributed by atoms with E-state index in [9.17, 15) is 10.1 Å². The van der Waals surface area contributed by atoms with E-state index in [1.807, 2.05) is 13.1 Å². The van der Waals surface area contributed by atoms with E-state index < -0.39 is 0 Å². The number of benzene rings is 1. The molecule has 0 radical (unpaired) electrons. The quantitative estimate of drug-likeness (QED) is 0.674. The molecule has 0 amide bonds. The summed E-state index contributed by atoms with van der Waals surface area (Å²) in [4.78, 5) is 12.9. The maximum Gasteiger partial charge on any atom is 0.273 e. The molecule has 0 heterocycles. The zero-order valence-corrected chi connectivity index (χ0v) is 12.4. The molecule has 0 saturated heterocycles. The van der Waals surface area contributed by atoms with Crippen molar-refractivity contribution in [2.24, 2.45) is 5.92 Å². The predicted molar refractivity (Wildman–Crippen MR) is 82.5 cm³/mol. The standard InChI is InChI=1S/C15H23N3O2/c1-11-4-6-13(7-5-11)17(3)14-8-12(16-2)9-15(10-14)18(19)20/h8-11,13,16H,4-7H2,1-3H3. The maximum atomic E-state index is 11.0. The number of nitrogens with one attached hydrogen (secondary N) is 1. The summed E-state index contributed by atoms with van der Waals surface area (Å²) in [6.45, 7) is 2.29. The summed E-state index contributed by atoms with van der Waals surface area (Å²) in [6, 6.07) is 5.70. The zero-order valence-electron chi connectivity index (χ0n) is 12.4. The minimum absolute atomic E-state index is 0.142. The Balaban J connectivity index is 2.22. The van der Waals surface area contributed by atoms with Crippen molar-refractivity contribution in [3.05, 3.63) is 28.3 Å². The SMILES string of the molecule is CNc1cc(N(C)C2CCC(C)CC2)cc([N+](=O)[O-])c1. The van der Waals surface area contributed by atoms with Crippen molar-refractivity contribution < 1.29 is 4.92 Å². The molecule has 1 fully saturated rings. The molecule has 0 aromatic heterocycles. The minimum Gasteiger partial charge on any atom is -0.388 e. The number of nitrogens with zero attached hydrogens (tertiary/aromatic N) is 2. The molecule has 5 heteroatoms. The highest BCUT2D eigenvalue weighted by Crippen LogP contribution is 2.32. The molecule has 1 saturated carbocycles. The lowest BCUT2D eigenvalue weighted by Crippen LogP contribution is -2.34. The third-order valence-corrected chi connectivity index (χ3v) is 4.34. The van der Waals surface area contributed by atoms with Crippen molar-refractivity contribution >= 4 is 17.1 Å². The summed E-state index contributed by atoms with van der Waals surface area (Å²) in [5.41, 5.74) is 1.84. The molecule has 1 aromatic carbocycles. The molecule has 110 valence electrons. The number of anilines is 2. The molecule has 0 atom stereocenters. The number of nitro groups is 1. The lowest BCUT2D eigenvalue weighted by atomic mass is 9.86. The molecule has 2 rings (SSSR count). The highest BCUT2D eigenvalue weighted by atomic mass is 16.6. The van der Waals surface area contributed by atoms with E-state index in [0.29, 0.717) is 6.04 Å². The summed E-state index contributed by atoms with van der Waals surface area (Å²) < 4.78 is 0. The largest absolute Gasteiger partial charge is 0.388 e. The van der Waals surface area contributed by atoms with E-state index in [1.165, 1.54) is 12.8 Å². The number of hydrogen-bond acceptors (Lipinski definition) is 4. The third-order valence-electron chi connectivity index (χ3n) is 4.34. The van der Waals surface area contributed by atoms with Crippen LogP contribution in [-0.4, -0.2) is 25.1 Å². The van der Waals surface area contributed by atoms with Gasteiger partial charge in [0.25, 0.3) is 5.69 Å². The van der Waals surface area contributed by atoms with Crippen molar-refractivity contribution in [3.8, 4) is 0 Å². The van der Waals surface area contributed by atoms with Crippen LogP contribution in [0.25, 0.3) is 0 Å². The van der Waals surface area contributed by atoms with Gasteiger partial charge < -0.3 is 10.2 Å².